The van der Waals surface area contributed by atoms with Crippen molar-refractivity contribution in [3.05, 3.63) is 0 Å². The molecule has 0 saturated carbocycles. The normalized spacial score (nSPS) is 6.47. The number of rotatable bonds is 0. The molecule has 0 radical (unpaired) electrons. The number of carbonyl (C=O) groups is 10. The summed E-state index contributed by atoms with van der Waals surface area (Å²) in [6.07, 6.45) is 0. The van der Waals surface area contributed by atoms with Crippen molar-refractivity contribution >= 4 is 59.7 Å². The number of carboxylic acid groups (broad SMARTS) is 10. The van der Waals surface area contributed by atoms with Crippen molar-refractivity contribution in [3.8, 4) is 0 Å². The fourth-order valence-electron chi connectivity index (χ4n) is 0. The van der Waals surface area contributed by atoms with Crippen LogP contribution in [-0.2, 0) is 91.4 Å². The number of hydrogen-bond acceptors (Lipinski definition) is 20. The molecular formula is C10H8N2O20Ti2. The van der Waals surface area contributed by atoms with E-state index < -0.39 is 59.7 Å². The van der Waals surface area contributed by atoms with E-state index in [4.69, 9.17) is 99.0 Å². The van der Waals surface area contributed by atoms with Crippen LogP contribution in [-0.4, -0.2) is 59.7 Å². The second kappa shape index (κ2) is 33.7. The van der Waals surface area contributed by atoms with E-state index in [1.165, 1.54) is 0 Å². The van der Waals surface area contributed by atoms with Gasteiger partial charge in [0, 0.05) is 0 Å². The third-order valence-corrected chi connectivity index (χ3v) is 0.833. The number of hydrogen-bond donors (Lipinski definition) is 2. The fraction of sp³-hybridized carbons (Fsp3) is 0. The molecule has 0 rings (SSSR count). The molecule has 0 unspecified atom stereocenters. The molecule has 0 aromatic heterocycles. The molecular weight excluding hydrogens is 564 g/mol. The van der Waals surface area contributed by atoms with Crippen LogP contribution in [0, 0.1) is 0 Å². The first-order valence-corrected chi connectivity index (χ1v) is 5.33. The zero-order valence-electron chi connectivity index (χ0n) is 16.2. The molecule has 34 heavy (non-hydrogen) atoms. The third kappa shape index (κ3) is 79.7. The molecule has 0 aromatic rings. The predicted octanol–water partition coefficient (Wildman–Crippen LogP) is -16.8. The van der Waals surface area contributed by atoms with Gasteiger partial charge in [0.15, 0.2) is 0 Å². The Bertz CT molecular complexity index is 519. The molecule has 0 bridgehead atoms. The smallest absolute Gasteiger partial charge is 0.543 e. The first-order valence-electron chi connectivity index (χ1n) is 5.33. The van der Waals surface area contributed by atoms with E-state index >= 15 is 0 Å². The molecule has 0 aliphatic rings. The predicted molar refractivity (Wildman–Crippen MR) is 62.0 cm³/mol. The molecule has 0 aliphatic carbocycles. The average Bonchev–Trinajstić information content (AvgIpc) is 2.56. The molecule has 0 saturated heterocycles. The summed E-state index contributed by atoms with van der Waals surface area (Å²) in [4.78, 5) is 89.3. The molecule has 0 spiro atoms. The maximum absolute atomic E-state index is 8.93. The Morgan fingerprint density at radius 2 is 0.265 bits per heavy atom. The summed E-state index contributed by atoms with van der Waals surface area (Å²) in [6.45, 7) is 0. The molecule has 8 N–H and O–H groups in total. The van der Waals surface area contributed by atoms with Crippen LogP contribution >= 0.6 is 0 Å². The average molecular weight is 572 g/mol. The van der Waals surface area contributed by atoms with Gasteiger partial charge in [0.2, 0.25) is 0 Å². The maximum atomic E-state index is 8.93. The van der Waals surface area contributed by atoms with E-state index in [2.05, 4.69) is 0 Å². The van der Waals surface area contributed by atoms with Crippen molar-refractivity contribution in [1.29, 1.82) is 0 Å². The van der Waals surface area contributed by atoms with Gasteiger partial charge in [-0.05, 0) is 0 Å². The second-order valence-corrected chi connectivity index (χ2v) is 2.87. The van der Waals surface area contributed by atoms with Gasteiger partial charge in [0.1, 0.15) is 0 Å². The summed E-state index contributed by atoms with van der Waals surface area (Å²) in [5.41, 5.74) is 0. The van der Waals surface area contributed by atoms with E-state index in [1.54, 1.807) is 0 Å². The van der Waals surface area contributed by atoms with Crippen molar-refractivity contribution in [2.75, 3.05) is 0 Å². The van der Waals surface area contributed by atoms with Crippen LogP contribution in [0.25, 0.3) is 0 Å². The topological polar surface area (TPSA) is 474 Å². The summed E-state index contributed by atoms with van der Waals surface area (Å²) >= 11 is 0. The molecule has 0 fully saturated rings. The molecule has 0 aromatic carbocycles. The maximum Gasteiger partial charge on any atom is 4.00 e. The van der Waals surface area contributed by atoms with Crippen molar-refractivity contribution in [1.82, 2.24) is 12.3 Å². The van der Waals surface area contributed by atoms with Gasteiger partial charge >= 0.3 is 43.4 Å². The molecule has 0 atom stereocenters. The van der Waals surface area contributed by atoms with Gasteiger partial charge in [-0.15, -0.1) is 0 Å². The van der Waals surface area contributed by atoms with Crippen LogP contribution in [0.1, 0.15) is 0 Å². The first kappa shape index (κ1) is 57.2. The molecule has 0 aliphatic heterocycles. The van der Waals surface area contributed by atoms with E-state index in [0.717, 1.165) is 0 Å². The number of quaternary nitrogens is 2. The standard InChI is InChI=1S/5C2H2O4.2H3N.2Ti/c5*3-1(4)2(5)6;;;;/h5*(H,3,4)(H,5,6);2*1H3;;/q;;;;;;;2*+4/p-8. The van der Waals surface area contributed by atoms with E-state index in [0.29, 0.717) is 0 Å². The van der Waals surface area contributed by atoms with Crippen molar-refractivity contribution in [2.45, 2.75) is 0 Å². The summed E-state index contributed by atoms with van der Waals surface area (Å²) in [5, 5.41) is 89.3. The minimum absolute atomic E-state index is 0. The largest absolute Gasteiger partial charge is 4.00 e. The Morgan fingerprint density at radius 1 is 0.235 bits per heavy atom. The van der Waals surface area contributed by atoms with Gasteiger partial charge in [-0.25, -0.2) is 0 Å². The van der Waals surface area contributed by atoms with Crippen LogP contribution < -0.4 is 63.4 Å². The van der Waals surface area contributed by atoms with Crippen LogP contribution in [0.4, 0.5) is 0 Å². The van der Waals surface area contributed by atoms with E-state index in [9.17, 15) is 0 Å². The Kier molecular flexibility index (Phi) is 56.7. The van der Waals surface area contributed by atoms with Gasteiger partial charge < -0.3 is 111 Å². The molecule has 24 heteroatoms. The first-order chi connectivity index (χ1) is 13.2. The van der Waals surface area contributed by atoms with Crippen LogP contribution in [0.15, 0.2) is 0 Å². The third-order valence-electron chi connectivity index (χ3n) is 0.833. The Balaban J connectivity index is -0.0000000319. The van der Waals surface area contributed by atoms with Gasteiger partial charge in [0.05, 0.1) is 59.7 Å². The molecule has 0 heterocycles. The quantitative estimate of drug-likeness (QED) is 0.201. The Hall–Kier alpha value is -3.95. The minimum atomic E-state index is -2.19. The Labute approximate surface area is 214 Å². The summed E-state index contributed by atoms with van der Waals surface area (Å²) in [6, 6.07) is 0. The van der Waals surface area contributed by atoms with Crippen molar-refractivity contribution in [2.24, 2.45) is 0 Å². The number of carbonyl (C=O) groups excluding carboxylic acids is 10. The second-order valence-electron chi connectivity index (χ2n) is 2.87. The van der Waals surface area contributed by atoms with Gasteiger partial charge in [-0.1, -0.05) is 0 Å². The number of aliphatic carboxylic acids is 10. The van der Waals surface area contributed by atoms with Gasteiger partial charge in [-0.2, -0.15) is 0 Å². The van der Waals surface area contributed by atoms with Crippen LogP contribution in [0.2, 0.25) is 0 Å². The van der Waals surface area contributed by atoms with Crippen molar-refractivity contribution in [3.63, 3.8) is 0 Å². The molecule has 0 amide bonds. The Morgan fingerprint density at radius 3 is 0.265 bits per heavy atom. The van der Waals surface area contributed by atoms with Gasteiger partial charge in [0.25, 0.3) is 0 Å². The fourth-order valence-corrected chi connectivity index (χ4v) is 0. The van der Waals surface area contributed by atoms with Gasteiger partial charge in [-0.3, -0.25) is 0 Å². The zero-order chi connectivity index (χ0) is 25.8. The molecule has 186 valence electrons. The number of carboxylic acids is 10. The SMILES string of the molecule is O=C([O-])C(=O)[O-].O=C([O-])C(=O)[O-].O=C([O-])C(=O)[O-].O=C([O-])C(=O)[O-].O=C([O-])C(=O)[O-].[NH4+].[NH4+].[Ti+4].[Ti+4]. The van der Waals surface area contributed by atoms with Crippen LogP contribution in [0.5, 0.6) is 0 Å². The van der Waals surface area contributed by atoms with Crippen molar-refractivity contribution < 1.29 is 142 Å². The zero-order valence-corrected chi connectivity index (χ0v) is 19.3. The monoisotopic (exact) mass is 572 g/mol. The molecule has 22 nitrogen and oxygen atoms in total. The summed E-state index contributed by atoms with van der Waals surface area (Å²) < 4.78 is 0. The summed E-state index contributed by atoms with van der Waals surface area (Å²) in [7, 11) is 0. The van der Waals surface area contributed by atoms with E-state index in [1.807, 2.05) is 0 Å². The minimum Gasteiger partial charge on any atom is -0.543 e. The van der Waals surface area contributed by atoms with E-state index in [-0.39, 0.29) is 55.7 Å². The van der Waals surface area contributed by atoms with Crippen LogP contribution in [0.3, 0.4) is 0 Å². The summed E-state index contributed by atoms with van der Waals surface area (Å²) in [5.74, 6) is -21.9.